The Bertz CT molecular complexity index is 1420. The largest absolute Gasteiger partial charge is 0.344 e. The van der Waals surface area contributed by atoms with Crippen molar-refractivity contribution in [3.05, 3.63) is 96.2 Å². The van der Waals surface area contributed by atoms with Gasteiger partial charge >= 0.3 is 0 Å². The molecule has 194 valence electrons. The van der Waals surface area contributed by atoms with E-state index in [1.165, 1.54) is 0 Å². The van der Waals surface area contributed by atoms with Gasteiger partial charge in [0.25, 0.3) is 0 Å². The fourth-order valence-corrected chi connectivity index (χ4v) is 5.04. The molecule has 0 saturated heterocycles. The Hall–Kier alpha value is -4.23. The van der Waals surface area contributed by atoms with Crippen LogP contribution in [0.3, 0.4) is 0 Å². The molecule has 0 unspecified atom stereocenters. The average molecular weight is 508 g/mol. The van der Waals surface area contributed by atoms with Crippen molar-refractivity contribution in [2.75, 3.05) is 4.90 Å². The van der Waals surface area contributed by atoms with Crippen molar-refractivity contribution in [1.82, 2.24) is 15.5 Å². The van der Waals surface area contributed by atoms with E-state index in [9.17, 15) is 9.59 Å². The summed E-state index contributed by atoms with van der Waals surface area (Å²) in [5.41, 5.74) is 12.3. The monoisotopic (exact) mass is 507 g/mol. The highest BCUT2D eigenvalue weighted by molar-refractivity contribution is 6.00. The summed E-state index contributed by atoms with van der Waals surface area (Å²) in [6, 6.07) is 25.7. The van der Waals surface area contributed by atoms with E-state index in [2.05, 4.69) is 51.9 Å². The maximum atomic E-state index is 13.9. The number of aromatic nitrogens is 2. The van der Waals surface area contributed by atoms with Gasteiger partial charge < -0.3 is 16.0 Å². The van der Waals surface area contributed by atoms with E-state index in [1.807, 2.05) is 42.5 Å². The second-order valence-corrected chi connectivity index (χ2v) is 10.6. The molecule has 1 aliphatic rings. The Balaban J connectivity index is 1.49. The molecular formula is C31H33N5O2. The number of aromatic amines is 1. The van der Waals surface area contributed by atoms with Crippen molar-refractivity contribution < 1.29 is 9.59 Å². The van der Waals surface area contributed by atoms with Crippen LogP contribution < -0.4 is 16.0 Å². The summed E-state index contributed by atoms with van der Waals surface area (Å²) in [6.07, 6.45) is 3.19. The van der Waals surface area contributed by atoms with Crippen molar-refractivity contribution in [3.63, 3.8) is 0 Å². The van der Waals surface area contributed by atoms with Gasteiger partial charge in [0.05, 0.1) is 12.2 Å². The van der Waals surface area contributed by atoms with Crippen LogP contribution in [0.25, 0.3) is 22.4 Å². The van der Waals surface area contributed by atoms with Crippen LogP contribution in [0.1, 0.15) is 37.8 Å². The molecule has 5 rings (SSSR count). The third kappa shape index (κ3) is 5.68. The third-order valence-electron chi connectivity index (χ3n) is 6.79. The summed E-state index contributed by atoms with van der Waals surface area (Å²) < 4.78 is 0. The molecule has 0 spiro atoms. The Labute approximate surface area is 223 Å². The molecule has 2 amide bonds. The molecule has 1 aromatic heterocycles. The van der Waals surface area contributed by atoms with Gasteiger partial charge in [0, 0.05) is 29.4 Å². The summed E-state index contributed by atoms with van der Waals surface area (Å²) in [6.45, 7) is 3.98. The van der Waals surface area contributed by atoms with E-state index in [0.29, 0.717) is 19.4 Å². The maximum Gasteiger partial charge on any atom is 0.249 e. The highest BCUT2D eigenvalue weighted by Gasteiger charge is 2.32. The first kappa shape index (κ1) is 25.4. The van der Waals surface area contributed by atoms with Crippen molar-refractivity contribution in [2.45, 2.75) is 51.2 Å². The van der Waals surface area contributed by atoms with Crippen molar-refractivity contribution in [2.24, 2.45) is 5.73 Å². The Morgan fingerprint density at radius 1 is 1.05 bits per heavy atom. The first-order valence-corrected chi connectivity index (χ1v) is 12.9. The quantitative estimate of drug-likeness (QED) is 0.333. The molecule has 2 heterocycles. The van der Waals surface area contributed by atoms with Gasteiger partial charge in [-0.2, -0.15) is 5.10 Å². The van der Waals surface area contributed by atoms with E-state index in [1.54, 1.807) is 24.9 Å². The highest BCUT2D eigenvalue weighted by Crippen LogP contribution is 2.34. The Morgan fingerprint density at radius 2 is 1.82 bits per heavy atom. The molecule has 0 aliphatic carbocycles. The lowest BCUT2D eigenvalue weighted by Crippen LogP contribution is -2.49. The lowest BCUT2D eigenvalue weighted by molar-refractivity contribution is -0.128. The molecule has 38 heavy (non-hydrogen) atoms. The fraction of sp³-hybridized carbons (Fsp3) is 0.258. The number of carbonyl (C=O) groups excluding carboxylic acids is 2. The maximum absolute atomic E-state index is 13.9. The predicted octanol–water partition coefficient (Wildman–Crippen LogP) is 4.84. The third-order valence-corrected chi connectivity index (χ3v) is 6.79. The zero-order valence-electron chi connectivity index (χ0n) is 21.8. The SMILES string of the molecule is CC(C)(N)CC(=O)N[C@@H]1CCc2ccccc2N(Cc2ccc(-c3ccccc3)c(-c3cc[nH]n3)c2)C1=O. The predicted molar refractivity (Wildman–Crippen MR) is 150 cm³/mol. The van der Waals surface area contributed by atoms with Crippen molar-refractivity contribution in [1.29, 1.82) is 0 Å². The number of nitrogens with two attached hydrogens (primary N) is 1. The first-order valence-electron chi connectivity index (χ1n) is 12.9. The molecule has 0 bridgehead atoms. The summed E-state index contributed by atoms with van der Waals surface area (Å²) in [4.78, 5) is 28.4. The lowest BCUT2D eigenvalue weighted by atomic mass is 9.95. The number of fused-ring (bicyclic) bond motifs is 1. The van der Waals surface area contributed by atoms with Gasteiger partial charge in [-0.1, -0.05) is 60.7 Å². The van der Waals surface area contributed by atoms with Crippen LogP contribution in [0.2, 0.25) is 0 Å². The molecule has 7 nitrogen and oxygen atoms in total. The molecule has 1 atom stereocenters. The Morgan fingerprint density at radius 3 is 2.55 bits per heavy atom. The minimum atomic E-state index is -0.649. The summed E-state index contributed by atoms with van der Waals surface area (Å²) in [7, 11) is 0. The molecule has 1 aliphatic heterocycles. The number of nitrogens with one attached hydrogen (secondary N) is 2. The topological polar surface area (TPSA) is 104 Å². The molecule has 4 N–H and O–H groups in total. The number of nitrogens with zero attached hydrogens (tertiary/aromatic N) is 2. The van der Waals surface area contributed by atoms with E-state index >= 15 is 0 Å². The standard InChI is InChI=1S/C31H33N5O2/c1-31(2,32)19-29(37)34-27-15-13-23-10-6-7-11-28(23)36(30(27)38)20-21-12-14-24(22-8-4-3-5-9-22)25(18-21)26-16-17-33-35-26/h3-12,14,16-18,27H,13,15,19-20,32H2,1-2H3,(H,33,35)(H,34,37)/t27-/m1/s1. The van der Waals surface area contributed by atoms with E-state index in [0.717, 1.165) is 39.2 Å². The van der Waals surface area contributed by atoms with Gasteiger partial charge in [-0.05, 0) is 67.1 Å². The number of hydrogen-bond donors (Lipinski definition) is 3. The van der Waals surface area contributed by atoms with Gasteiger partial charge in [0.1, 0.15) is 6.04 Å². The van der Waals surface area contributed by atoms with Gasteiger partial charge in [-0.3, -0.25) is 14.7 Å². The summed E-state index contributed by atoms with van der Waals surface area (Å²) in [5.74, 6) is -0.332. The number of benzene rings is 3. The average Bonchev–Trinajstić information content (AvgIpc) is 3.40. The summed E-state index contributed by atoms with van der Waals surface area (Å²) >= 11 is 0. The van der Waals surface area contributed by atoms with Crippen molar-refractivity contribution in [3.8, 4) is 22.4 Å². The number of anilines is 1. The molecule has 7 heteroatoms. The normalized spacial score (nSPS) is 15.6. The summed E-state index contributed by atoms with van der Waals surface area (Å²) in [5, 5.41) is 10.3. The molecule has 3 aromatic carbocycles. The lowest BCUT2D eigenvalue weighted by Gasteiger charge is -2.27. The van der Waals surface area contributed by atoms with Crippen LogP contribution >= 0.6 is 0 Å². The molecule has 0 saturated carbocycles. The number of para-hydroxylation sites is 1. The van der Waals surface area contributed by atoms with Crippen LogP contribution in [-0.4, -0.2) is 33.6 Å². The van der Waals surface area contributed by atoms with Gasteiger partial charge in [-0.15, -0.1) is 0 Å². The van der Waals surface area contributed by atoms with E-state index < -0.39 is 11.6 Å². The second-order valence-electron chi connectivity index (χ2n) is 10.6. The van der Waals surface area contributed by atoms with Gasteiger partial charge in [0.2, 0.25) is 11.8 Å². The smallest absolute Gasteiger partial charge is 0.249 e. The molecule has 4 aromatic rings. The highest BCUT2D eigenvalue weighted by atomic mass is 16.2. The van der Waals surface area contributed by atoms with Crippen LogP contribution in [0.15, 0.2) is 85.1 Å². The van der Waals surface area contributed by atoms with Gasteiger partial charge in [-0.25, -0.2) is 0 Å². The van der Waals surface area contributed by atoms with Gasteiger partial charge in [0.15, 0.2) is 0 Å². The molecule has 0 fully saturated rings. The van der Waals surface area contributed by atoms with E-state index in [4.69, 9.17) is 5.73 Å². The van der Waals surface area contributed by atoms with Crippen LogP contribution in [0, 0.1) is 0 Å². The number of carbonyl (C=O) groups is 2. The number of H-pyrrole nitrogens is 1. The fourth-order valence-electron chi connectivity index (χ4n) is 5.04. The minimum Gasteiger partial charge on any atom is -0.344 e. The molecule has 0 radical (unpaired) electrons. The zero-order chi connectivity index (χ0) is 26.7. The Kier molecular flexibility index (Phi) is 7.11. The van der Waals surface area contributed by atoms with Crippen LogP contribution in [-0.2, 0) is 22.6 Å². The first-order chi connectivity index (χ1) is 18.3. The van der Waals surface area contributed by atoms with Crippen LogP contribution in [0.5, 0.6) is 0 Å². The zero-order valence-corrected chi connectivity index (χ0v) is 21.8. The van der Waals surface area contributed by atoms with E-state index in [-0.39, 0.29) is 18.2 Å². The van der Waals surface area contributed by atoms with Crippen LogP contribution in [0.4, 0.5) is 5.69 Å². The number of aryl methyl sites for hydroxylation is 1. The number of hydrogen-bond acceptors (Lipinski definition) is 4. The second kappa shape index (κ2) is 10.6. The molecular weight excluding hydrogens is 474 g/mol. The minimum absolute atomic E-state index is 0.119. The number of rotatable bonds is 7. The van der Waals surface area contributed by atoms with Crippen molar-refractivity contribution >= 4 is 17.5 Å². The number of amides is 2.